The monoisotopic (exact) mass is 345 g/mol. The van der Waals surface area contributed by atoms with Crippen molar-refractivity contribution in [3.63, 3.8) is 0 Å². The summed E-state index contributed by atoms with van der Waals surface area (Å²) in [6.07, 6.45) is 8.24. The molecule has 1 aliphatic rings. The standard InChI is InChI=1S/C18H27N5O2/c1-3-21(4-2)11-14-9-19-17-16(10-20-23(17)12-14)18(25)22-8-6-5-7-15(22)13-24/h9-10,12,15,24H,3-8,11,13H2,1-2H3/t15-/m1/s1. The van der Waals surface area contributed by atoms with Crippen LogP contribution in [0.3, 0.4) is 0 Å². The Morgan fingerprint density at radius 1 is 1.32 bits per heavy atom. The first kappa shape index (κ1) is 17.8. The second kappa shape index (κ2) is 7.93. The fraction of sp³-hybridized carbons (Fsp3) is 0.611. The first-order valence-electron chi connectivity index (χ1n) is 9.14. The van der Waals surface area contributed by atoms with Gasteiger partial charge in [-0.25, -0.2) is 9.50 Å². The third-order valence-corrected chi connectivity index (χ3v) is 5.04. The van der Waals surface area contributed by atoms with Crippen LogP contribution in [-0.2, 0) is 6.54 Å². The molecule has 1 N–H and O–H groups in total. The van der Waals surface area contributed by atoms with Crippen LogP contribution in [0, 0.1) is 0 Å². The van der Waals surface area contributed by atoms with E-state index in [1.807, 2.05) is 12.4 Å². The van der Waals surface area contributed by atoms with E-state index < -0.39 is 0 Å². The summed E-state index contributed by atoms with van der Waals surface area (Å²) in [6.45, 7) is 7.74. The summed E-state index contributed by atoms with van der Waals surface area (Å²) in [7, 11) is 0. The van der Waals surface area contributed by atoms with Crippen molar-refractivity contribution in [3.05, 3.63) is 29.7 Å². The van der Waals surface area contributed by atoms with E-state index in [0.717, 1.165) is 44.5 Å². The van der Waals surface area contributed by atoms with Crippen LogP contribution in [0.4, 0.5) is 0 Å². The van der Waals surface area contributed by atoms with E-state index in [4.69, 9.17) is 0 Å². The van der Waals surface area contributed by atoms with Gasteiger partial charge in [-0.2, -0.15) is 5.10 Å². The zero-order valence-corrected chi connectivity index (χ0v) is 15.1. The van der Waals surface area contributed by atoms with Crippen LogP contribution in [-0.4, -0.2) is 67.7 Å². The maximum Gasteiger partial charge on any atom is 0.259 e. The predicted molar refractivity (Wildman–Crippen MR) is 95.4 cm³/mol. The molecule has 1 saturated heterocycles. The number of rotatable bonds is 6. The third-order valence-electron chi connectivity index (χ3n) is 5.04. The summed E-state index contributed by atoms with van der Waals surface area (Å²) >= 11 is 0. The first-order valence-corrected chi connectivity index (χ1v) is 9.14. The van der Waals surface area contributed by atoms with Crippen molar-refractivity contribution in [2.75, 3.05) is 26.2 Å². The van der Waals surface area contributed by atoms with Crippen LogP contribution in [0.5, 0.6) is 0 Å². The van der Waals surface area contributed by atoms with Gasteiger partial charge in [0.05, 0.1) is 18.8 Å². The number of aliphatic hydroxyl groups excluding tert-OH is 1. The van der Waals surface area contributed by atoms with Gasteiger partial charge < -0.3 is 10.0 Å². The van der Waals surface area contributed by atoms with Crippen molar-refractivity contribution in [2.45, 2.75) is 45.7 Å². The van der Waals surface area contributed by atoms with E-state index in [-0.39, 0.29) is 18.6 Å². The van der Waals surface area contributed by atoms with E-state index in [1.165, 1.54) is 0 Å². The smallest absolute Gasteiger partial charge is 0.259 e. The first-order chi connectivity index (χ1) is 12.2. The molecular weight excluding hydrogens is 318 g/mol. The highest BCUT2D eigenvalue weighted by molar-refractivity contribution is 5.99. The number of aromatic nitrogens is 3. The summed E-state index contributed by atoms with van der Waals surface area (Å²) in [4.78, 5) is 21.5. The highest BCUT2D eigenvalue weighted by Crippen LogP contribution is 2.21. The molecule has 1 fully saturated rings. The van der Waals surface area contributed by atoms with Gasteiger partial charge >= 0.3 is 0 Å². The van der Waals surface area contributed by atoms with Crippen molar-refractivity contribution < 1.29 is 9.90 Å². The quantitative estimate of drug-likeness (QED) is 0.860. The van der Waals surface area contributed by atoms with Gasteiger partial charge in [0.1, 0.15) is 5.56 Å². The second-order valence-electron chi connectivity index (χ2n) is 6.58. The molecule has 1 aliphatic heterocycles. The Bertz CT molecular complexity index is 725. The lowest BCUT2D eigenvalue weighted by Gasteiger charge is -2.34. The number of nitrogens with zero attached hydrogens (tertiary/aromatic N) is 5. The molecule has 2 aromatic rings. The Labute approximate surface area is 148 Å². The summed E-state index contributed by atoms with van der Waals surface area (Å²) in [5.41, 5.74) is 2.16. The van der Waals surface area contributed by atoms with Gasteiger partial charge in [0.2, 0.25) is 0 Å². The summed E-state index contributed by atoms with van der Waals surface area (Å²) in [6, 6.07) is -0.0989. The molecule has 0 spiro atoms. The molecule has 0 radical (unpaired) electrons. The number of carbonyl (C=O) groups excluding carboxylic acids is 1. The van der Waals surface area contributed by atoms with Gasteiger partial charge in [-0.3, -0.25) is 9.69 Å². The molecule has 7 nitrogen and oxygen atoms in total. The normalized spacial score (nSPS) is 18.2. The molecular formula is C18H27N5O2. The van der Waals surface area contributed by atoms with Gasteiger partial charge in [0.25, 0.3) is 5.91 Å². The topological polar surface area (TPSA) is 74.0 Å². The number of carbonyl (C=O) groups is 1. The number of amides is 1. The molecule has 1 amide bonds. The van der Waals surface area contributed by atoms with Crippen molar-refractivity contribution in [2.24, 2.45) is 0 Å². The van der Waals surface area contributed by atoms with Crippen molar-refractivity contribution in [1.82, 2.24) is 24.4 Å². The zero-order valence-electron chi connectivity index (χ0n) is 15.1. The van der Waals surface area contributed by atoms with E-state index in [9.17, 15) is 9.90 Å². The second-order valence-corrected chi connectivity index (χ2v) is 6.58. The number of aliphatic hydroxyl groups is 1. The van der Waals surface area contributed by atoms with Crippen LogP contribution < -0.4 is 0 Å². The van der Waals surface area contributed by atoms with Gasteiger partial charge in [-0.1, -0.05) is 13.8 Å². The highest BCUT2D eigenvalue weighted by Gasteiger charge is 2.29. The molecule has 0 aliphatic carbocycles. The van der Waals surface area contributed by atoms with E-state index >= 15 is 0 Å². The number of likely N-dealkylation sites (tertiary alicyclic amines) is 1. The van der Waals surface area contributed by atoms with Gasteiger partial charge in [-0.15, -0.1) is 0 Å². The van der Waals surface area contributed by atoms with Gasteiger partial charge in [0.15, 0.2) is 5.65 Å². The highest BCUT2D eigenvalue weighted by atomic mass is 16.3. The minimum Gasteiger partial charge on any atom is -0.394 e. The molecule has 2 aromatic heterocycles. The predicted octanol–water partition coefficient (Wildman–Crippen LogP) is 1.56. The molecule has 0 bridgehead atoms. The van der Waals surface area contributed by atoms with Crippen LogP contribution >= 0.6 is 0 Å². The number of fused-ring (bicyclic) bond motifs is 1. The van der Waals surface area contributed by atoms with Crippen LogP contribution in [0.25, 0.3) is 5.65 Å². The van der Waals surface area contributed by atoms with E-state index in [1.54, 1.807) is 15.6 Å². The van der Waals surface area contributed by atoms with Gasteiger partial charge in [0, 0.05) is 31.0 Å². The lowest BCUT2D eigenvalue weighted by atomic mass is 10.0. The van der Waals surface area contributed by atoms with Crippen molar-refractivity contribution in [1.29, 1.82) is 0 Å². The molecule has 3 heterocycles. The summed E-state index contributed by atoms with van der Waals surface area (Å²) < 4.78 is 1.68. The largest absolute Gasteiger partial charge is 0.394 e. The van der Waals surface area contributed by atoms with Crippen molar-refractivity contribution >= 4 is 11.6 Å². The van der Waals surface area contributed by atoms with E-state index in [2.05, 4.69) is 28.8 Å². The van der Waals surface area contributed by atoms with Crippen LogP contribution in [0.1, 0.15) is 49.0 Å². The Hall–Kier alpha value is -1.99. The van der Waals surface area contributed by atoms with E-state index in [0.29, 0.717) is 17.8 Å². The molecule has 3 rings (SSSR count). The maximum atomic E-state index is 12.9. The lowest BCUT2D eigenvalue weighted by Crippen LogP contribution is -2.45. The lowest BCUT2D eigenvalue weighted by molar-refractivity contribution is 0.0504. The third kappa shape index (κ3) is 3.67. The maximum absolute atomic E-state index is 12.9. The fourth-order valence-corrected chi connectivity index (χ4v) is 3.46. The fourth-order valence-electron chi connectivity index (χ4n) is 3.46. The Kier molecular flexibility index (Phi) is 5.65. The van der Waals surface area contributed by atoms with Crippen LogP contribution in [0.15, 0.2) is 18.6 Å². The Balaban J connectivity index is 1.84. The molecule has 0 unspecified atom stereocenters. The summed E-state index contributed by atoms with van der Waals surface area (Å²) in [5.74, 6) is -0.0854. The Morgan fingerprint density at radius 2 is 2.12 bits per heavy atom. The Morgan fingerprint density at radius 3 is 2.84 bits per heavy atom. The summed E-state index contributed by atoms with van der Waals surface area (Å²) in [5, 5.41) is 13.9. The minimum atomic E-state index is -0.0989. The number of hydrogen-bond donors (Lipinski definition) is 1. The molecule has 1 atom stereocenters. The molecule has 136 valence electrons. The average Bonchev–Trinajstić information content (AvgIpc) is 3.08. The molecule has 0 saturated carbocycles. The molecule has 25 heavy (non-hydrogen) atoms. The van der Waals surface area contributed by atoms with Crippen LogP contribution in [0.2, 0.25) is 0 Å². The zero-order chi connectivity index (χ0) is 17.8. The van der Waals surface area contributed by atoms with Gasteiger partial charge in [-0.05, 0) is 32.4 Å². The average molecular weight is 345 g/mol. The minimum absolute atomic E-state index is 0.00635. The number of hydrogen-bond acceptors (Lipinski definition) is 5. The van der Waals surface area contributed by atoms with Crippen molar-refractivity contribution in [3.8, 4) is 0 Å². The molecule has 7 heteroatoms. The SMILES string of the molecule is CCN(CC)Cc1cnc2c(C(=O)N3CCCC[C@@H]3CO)cnn2c1. The molecule has 0 aromatic carbocycles. The number of piperidine rings is 1.